The molecule has 0 saturated carbocycles. The number of hydrogen-bond acceptors (Lipinski definition) is 4. The van der Waals surface area contributed by atoms with Gasteiger partial charge in [0.1, 0.15) is 0 Å². The fourth-order valence-corrected chi connectivity index (χ4v) is 2.99. The van der Waals surface area contributed by atoms with Gasteiger partial charge in [-0.2, -0.15) is 0 Å². The Hall–Kier alpha value is -0.910. The number of rotatable bonds is 4. The molecule has 1 aliphatic rings. The molecule has 5 heteroatoms. The van der Waals surface area contributed by atoms with Crippen molar-refractivity contribution in [2.24, 2.45) is 5.73 Å². The van der Waals surface area contributed by atoms with Crippen LogP contribution in [0.1, 0.15) is 25.1 Å². The zero-order valence-electron chi connectivity index (χ0n) is 11.8. The number of nitrogens with zero attached hydrogens (tertiary/aromatic N) is 2. The third-order valence-corrected chi connectivity index (χ3v) is 4.70. The summed E-state index contributed by atoms with van der Waals surface area (Å²) in [7, 11) is 0. The smallest absolute Gasteiger partial charge is 0.242 e. The summed E-state index contributed by atoms with van der Waals surface area (Å²) < 4.78 is 0. The molecule has 1 saturated heterocycles. The summed E-state index contributed by atoms with van der Waals surface area (Å²) in [4.78, 5) is 18.0. The van der Waals surface area contributed by atoms with Crippen LogP contribution in [0.25, 0.3) is 0 Å². The highest BCUT2D eigenvalue weighted by molar-refractivity contribution is 7.09. The molecule has 0 bridgehead atoms. The van der Waals surface area contributed by atoms with E-state index in [1.807, 2.05) is 18.7 Å². The predicted molar refractivity (Wildman–Crippen MR) is 79.1 cm³/mol. The number of amides is 1. The first kappa shape index (κ1) is 14.5. The van der Waals surface area contributed by atoms with Gasteiger partial charge >= 0.3 is 0 Å². The molecule has 4 nitrogen and oxygen atoms in total. The van der Waals surface area contributed by atoms with Crippen LogP contribution in [0.3, 0.4) is 0 Å². The fraction of sp³-hybridized carbons (Fsp3) is 0.643. The first-order valence-electron chi connectivity index (χ1n) is 6.86. The SMILES string of the molecule is CCC(C)(N)C(=O)N1CCN(Cc2cccs2)CC1. The van der Waals surface area contributed by atoms with E-state index in [2.05, 4.69) is 22.4 Å². The third-order valence-electron chi connectivity index (χ3n) is 3.84. The molecule has 1 aliphatic heterocycles. The second-order valence-electron chi connectivity index (χ2n) is 5.42. The highest BCUT2D eigenvalue weighted by atomic mass is 32.1. The van der Waals surface area contributed by atoms with Crippen LogP contribution in [0.2, 0.25) is 0 Å². The quantitative estimate of drug-likeness (QED) is 0.910. The lowest BCUT2D eigenvalue weighted by atomic mass is 9.98. The molecule has 1 amide bonds. The van der Waals surface area contributed by atoms with Crippen LogP contribution in [-0.4, -0.2) is 47.4 Å². The highest BCUT2D eigenvalue weighted by Crippen LogP contribution is 2.16. The van der Waals surface area contributed by atoms with Gasteiger partial charge in [-0.1, -0.05) is 13.0 Å². The Balaban J connectivity index is 1.84. The molecule has 0 aromatic carbocycles. The molecule has 1 atom stereocenters. The van der Waals surface area contributed by atoms with E-state index in [-0.39, 0.29) is 5.91 Å². The Morgan fingerprint density at radius 1 is 1.42 bits per heavy atom. The molecule has 0 aliphatic carbocycles. The van der Waals surface area contributed by atoms with Crippen molar-refractivity contribution < 1.29 is 4.79 Å². The van der Waals surface area contributed by atoms with Crippen LogP contribution in [0, 0.1) is 0 Å². The van der Waals surface area contributed by atoms with E-state index < -0.39 is 5.54 Å². The normalized spacial score (nSPS) is 20.3. The Morgan fingerprint density at radius 2 is 2.11 bits per heavy atom. The van der Waals surface area contributed by atoms with Crippen molar-refractivity contribution >= 4 is 17.2 Å². The first-order valence-corrected chi connectivity index (χ1v) is 7.74. The molecule has 1 unspecified atom stereocenters. The lowest BCUT2D eigenvalue weighted by Gasteiger charge is -2.38. The summed E-state index contributed by atoms with van der Waals surface area (Å²) in [6.07, 6.45) is 0.682. The number of hydrogen-bond donors (Lipinski definition) is 1. The van der Waals surface area contributed by atoms with Crippen molar-refractivity contribution in [2.45, 2.75) is 32.4 Å². The largest absolute Gasteiger partial charge is 0.339 e. The van der Waals surface area contributed by atoms with Gasteiger partial charge in [0.15, 0.2) is 0 Å². The van der Waals surface area contributed by atoms with E-state index in [4.69, 9.17) is 5.73 Å². The number of nitrogens with two attached hydrogens (primary N) is 1. The maximum absolute atomic E-state index is 12.3. The van der Waals surface area contributed by atoms with Crippen molar-refractivity contribution in [3.8, 4) is 0 Å². The molecule has 1 aromatic rings. The van der Waals surface area contributed by atoms with Crippen molar-refractivity contribution in [1.82, 2.24) is 9.80 Å². The predicted octanol–water partition coefficient (Wildman–Crippen LogP) is 1.52. The minimum Gasteiger partial charge on any atom is -0.339 e. The minimum absolute atomic E-state index is 0.0887. The second-order valence-corrected chi connectivity index (χ2v) is 6.45. The van der Waals surface area contributed by atoms with Gasteiger partial charge in [0, 0.05) is 37.6 Å². The first-order chi connectivity index (χ1) is 9.03. The van der Waals surface area contributed by atoms with Crippen LogP contribution in [0.4, 0.5) is 0 Å². The van der Waals surface area contributed by atoms with Crippen LogP contribution in [0.5, 0.6) is 0 Å². The topological polar surface area (TPSA) is 49.6 Å². The molecule has 106 valence electrons. The molecular formula is C14H23N3OS. The van der Waals surface area contributed by atoms with E-state index in [9.17, 15) is 4.79 Å². The molecule has 0 spiro atoms. The van der Waals surface area contributed by atoms with Gasteiger partial charge in [0.05, 0.1) is 5.54 Å². The number of thiophene rings is 1. The second kappa shape index (κ2) is 6.03. The lowest BCUT2D eigenvalue weighted by molar-refractivity contribution is -0.138. The van der Waals surface area contributed by atoms with Gasteiger partial charge in [-0.15, -0.1) is 11.3 Å². The van der Waals surface area contributed by atoms with E-state index in [1.54, 1.807) is 11.3 Å². The molecular weight excluding hydrogens is 258 g/mol. The van der Waals surface area contributed by atoms with Gasteiger partial charge < -0.3 is 10.6 Å². The van der Waals surface area contributed by atoms with Gasteiger partial charge in [-0.25, -0.2) is 0 Å². The Bertz CT molecular complexity index is 408. The highest BCUT2D eigenvalue weighted by Gasteiger charge is 2.32. The van der Waals surface area contributed by atoms with Gasteiger partial charge in [-0.3, -0.25) is 9.69 Å². The summed E-state index contributed by atoms with van der Waals surface area (Å²) in [6, 6.07) is 4.25. The molecule has 1 fully saturated rings. The zero-order chi connectivity index (χ0) is 13.9. The standard InChI is InChI=1S/C14H23N3OS/c1-3-14(2,15)13(18)17-8-6-16(7-9-17)11-12-5-4-10-19-12/h4-5,10H,3,6-9,11,15H2,1-2H3. The van der Waals surface area contributed by atoms with Crippen molar-refractivity contribution in [2.75, 3.05) is 26.2 Å². The zero-order valence-corrected chi connectivity index (χ0v) is 12.6. The minimum atomic E-state index is -0.712. The number of piperazine rings is 1. The number of carbonyl (C=O) groups excluding carboxylic acids is 1. The van der Waals surface area contributed by atoms with E-state index >= 15 is 0 Å². The van der Waals surface area contributed by atoms with E-state index in [0.29, 0.717) is 6.42 Å². The molecule has 19 heavy (non-hydrogen) atoms. The Kier molecular flexibility index (Phi) is 4.60. The lowest BCUT2D eigenvalue weighted by Crippen LogP contribution is -2.57. The average Bonchev–Trinajstić information content (AvgIpc) is 2.91. The van der Waals surface area contributed by atoms with Gasteiger partial charge in [-0.05, 0) is 24.8 Å². The molecule has 2 rings (SSSR count). The average molecular weight is 281 g/mol. The maximum Gasteiger partial charge on any atom is 0.242 e. The molecule has 0 radical (unpaired) electrons. The number of carbonyl (C=O) groups is 1. The van der Waals surface area contributed by atoms with Crippen molar-refractivity contribution in [1.29, 1.82) is 0 Å². The fourth-order valence-electron chi connectivity index (χ4n) is 2.24. The summed E-state index contributed by atoms with van der Waals surface area (Å²) in [6.45, 7) is 8.23. The van der Waals surface area contributed by atoms with Crippen molar-refractivity contribution in [3.63, 3.8) is 0 Å². The van der Waals surface area contributed by atoms with Crippen molar-refractivity contribution in [3.05, 3.63) is 22.4 Å². The summed E-state index contributed by atoms with van der Waals surface area (Å²) in [5.41, 5.74) is 5.32. The summed E-state index contributed by atoms with van der Waals surface area (Å²) in [5.74, 6) is 0.0887. The van der Waals surface area contributed by atoms with Crippen LogP contribution < -0.4 is 5.73 Å². The molecule has 1 aromatic heterocycles. The van der Waals surface area contributed by atoms with Crippen LogP contribution in [0.15, 0.2) is 17.5 Å². The monoisotopic (exact) mass is 281 g/mol. The summed E-state index contributed by atoms with van der Waals surface area (Å²) >= 11 is 1.79. The van der Waals surface area contributed by atoms with Gasteiger partial charge in [0.25, 0.3) is 0 Å². The third kappa shape index (κ3) is 3.55. The molecule has 2 heterocycles. The van der Waals surface area contributed by atoms with E-state index in [0.717, 1.165) is 32.7 Å². The molecule has 2 N–H and O–H groups in total. The Labute approximate surface area is 119 Å². The maximum atomic E-state index is 12.3. The van der Waals surface area contributed by atoms with Gasteiger partial charge in [0.2, 0.25) is 5.91 Å². The summed E-state index contributed by atoms with van der Waals surface area (Å²) in [5, 5.41) is 2.11. The van der Waals surface area contributed by atoms with Crippen LogP contribution in [-0.2, 0) is 11.3 Å². The Morgan fingerprint density at radius 3 is 2.63 bits per heavy atom. The van der Waals surface area contributed by atoms with E-state index in [1.165, 1.54) is 4.88 Å². The van der Waals surface area contributed by atoms with Crippen LogP contribution >= 0.6 is 11.3 Å².